The Hall–Kier alpha value is -7.13. The molecule has 9 aromatic rings. The van der Waals surface area contributed by atoms with E-state index in [1.165, 1.54) is 0 Å². The number of hydrogen-bond acceptors (Lipinski definition) is 3. The van der Waals surface area contributed by atoms with Gasteiger partial charge in [0.1, 0.15) is 5.82 Å². The molecule has 1 aliphatic heterocycles. The van der Waals surface area contributed by atoms with Crippen molar-refractivity contribution < 1.29 is 4.57 Å². The van der Waals surface area contributed by atoms with E-state index in [0.29, 0.717) is 11.6 Å². The van der Waals surface area contributed by atoms with Gasteiger partial charge in [0.15, 0.2) is 13.0 Å². The van der Waals surface area contributed by atoms with Gasteiger partial charge in [-0.05, 0) is 46.4 Å². The summed E-state index contributed by atoms with van der Waals surface area (Å²) >= 11 is 0. The zero-order chi connectivity index (χ0) is 39.2. The van der Waals surface area contributed by atoms with Crippen LogP contribution in [0.1, 0.15) is 18.2 Å². The number of fused-ring (bicyclic) bond motifs is 5. The van der Waals surface area contributed by atoms with Gasteiger partial charge < -0.3 is 4.57 Å². The molecule has 0 spiro atoms. The van der Waals surface area contributed by atoms with E-state index in [0.717, 1.165) is 88.3 Å². The molecule has 1 atom stereocenters. The van der Waals surface area contributed by atoms with Crippen molar-refractivity contribution in [2.45, 2.75) is 6.92 Å². The lowest BCUT2D eigenvalue weighted by molar-refractivity contribution is 0.593. The zero-order valence-corrected chi connectivity index (χ0v) is 32.9. The maximum absolute atomic E-state index is 16.2. The average molecular weight is 764 g/mol. The van der Waals surface area contributed by atoms with E-state index in [9.17, 15) is 0 Å². The average Bonchev–Trinajstić information content (AvgIpc) is 3.76. The van der Waals surface area contributed by atoms with Crippen LogP contribution in [0.15, 0.2) is 195 Å². The SMILES string of the molecule is C=Cc1c(/C=C\C)n(-c2cc(-c3ccc(-c4ccccc4)cc3)nc(-c3ccc(-c4ccccc4)cc3)n2)c2c3c(ccc12)-c1ccccc1P3(=O)c1ccccc1. The number of aromatic nitrogens is 3. The fourth-order valence-electron chi connectivity index (χ4n) is 8.45. The molecule has 0 saturated carbocycles. The fraction of sp³-hybridized carbons (Fsp3) is 0.0189. The molecule has 10 rings (SSSR count). The summed E-state index contributed by atoms with van der Waals surface area (Å²) in [5.74, 6) is 1.27. The summed E-state index contributed by atoms with van der Waals surface area (Å²) in [7, 11) is -3.36. The molecule has 0 bridgehead atoms. The number of benzene rings is 7. The van der Waals surface area contributed by atoms with Crippen LogP contribution in [0.5, 0.6) is 0 Å². The molecule has 0 saturated heterocycles. The van der Waals surface area contributed by atoms with Crippen molar-refractivity contribution in [1.82, 2.24) is 14.5 Å². The van der Waals surface area contributed by atoms with Crippen LogP contribution < -0.4 is 15.9 Å². The Balaban J connectivity index is 1.26. The topological polar surface area (TPSA) is 47.8 Å². The van der Waals surface area contributed by atoms with Crippen molar-refractivity contribution in [1.29, 1.82) is 0 Å². The van der Waals surface area contributed by atoms with Crippen LogP contribution in [0.3, 0.4) is 0 Å². The van der Waals surface area contributed by atoms with E-state index in [1.54, 1.807) is 0 Å². The van der Waals surface area contributed by atoms with E-state index in [-0.39, 0.29) is 0 Å². The number of hydrogen-bond donors (Lipinski definition) is 0. The van der Waals surface area contributed by atoms with Crippen LogP contribution in [-0.4, -0.2) is 14.5 Å². The first-order valence-corrected chi connectivity index (χ1v) is 21.2. The number of allylic oxidation sites excluding steroid dienone is 1. The highest BCUT2D eigenvalue weighted by molar-refractivity contribution is 7.86. The Labute approximate surface area is 338 Å². The molecule has 7 aromatic carbocycles. The molecule has 0 aliphatic carbocycles. The van der Waals surface area contributed by atoms with Crippen LogP contribution in [-0.2, 0) is 4.57 Å². The number of nitrogens with zero attached hydrogens (tertiary/aromatic N) is 3. The van der Waals surface area contributed by atoms with Crippen LogP contribution in [0, 0.1) is 0 Å². The lowest BCUT2D eigenvalue weighted by Gasteiger charge is -2.19. The minimum absolute atomic E-state index is 0.592. The Bertz CT molecular complexity index is 2980. The third-order valence-electron chi connectivity index (χ3n) is 11.2. The van der Waals surface area contributed by atoms with Gasteiger partial charge in [0.25, 0.3) is 0 Å². The van der Waals surface area contributed by atoms with Crippen LogP contribution in [0.25, 0.3) is 84.9 Å². The second-order valence-electron chi connectivity index (χ2n) is 14.5. The van der Waals surface area contributed by atoms with E-state index < -0.39 is 7.14 Å². The molecular weight excluding hydrogens is 726 g/mol. The van der Waals surface area contributed by atoms with E-state index in [4.69, 9.17) is 9.97 Å². The van der Waals surface area contributed by atoms with Gasteiger partial charge in [0.05, 0.1) is 22.2 Å². The summed E-state index contributed by atoms with van der Waals surface area (Å²) in [6, 6.07) is 62.2. The Morgan fingerprint density at radius 1 is 0.569 bits per heavy atom. The maximum Gasteiger partial charge on any atom is 0.174 e. The summed E-state index contributed by atoms with van der Waals surface area (Å²) in [6.45, 7) is 6.32. The monoisotopic (exact) mass is 763 g/mol. The quantitative estimate of drug-likeness (QED) is 0.145. The van der Waals surface area contributed by atoms with Crippen molar-refractivity contribution in [2.24, 2.45) is 0 Å². The van der Waals surface area contributed by atoms with Crippen molar-refractivity contribution in [3.63, 3.8) is 0 Å². The molecule has 1 unspecified atom stereocenters. The van der Waals surface area contributed by atoms with Crippen LogP contribution in [0.2, 0.25) is 0 Å². The zero-order valence-electron chi connectivity index (χ0n) is 32.0. The second-order valence-corrected chi connectivity index (χ2v) is 17.1. The first-order chi connectivity index (χ1) is 28.6. The minimum atomic E-state index is -3.36. The fourth-order valence-corrected chi connectivity index (χ4v) is 11.7. The molecule has 1 aliphatic rings. The van der Waals surface area contributed by atoms with Gasteiger partial charge in [-0.2, -0.15) is 0 Å². The molecular formula is C53H38N3OP. The predicted octanol–water partition coefficient (Wildman–Crippen LogP) is 12.4. The van der Waals surface area contributed by atoms with Crippen molar-refractivity contribution in [3.05, 3.63) is 206 Å². The molecule has 0 fully saturated rings. The first kappa shape index (κ1) is 35.3. The largest absolute Gasteiger partial charge is 0.309 e. The molecule has 0 amide bonds. The molecule has 0 radical (unpaired) electrons. The highest BCUT2D eigenvalue weighted by atomic mass is 31.2. The summed E-state index contributed by atoms with van der Waals surface area (Å²) in [4.78, 5) is 10.6. The standard InChI is InChI=1S/C53H38N3OP/c1-3-16-48-43(4-2)45-33-34-46-44-23-14-15-24-49(44)58(57,42-21-12-7-13-22-42)52(46)51(45)56(48)50-35-47(40-29-25-38(26-30-40)36-17-8-5-9-18-36)54-53(55-50)41-31-27-39(28-32-41)37-19-10-6-11-20-37/h3-35H,2H2,1H3/b16-3-. The highest BCUT2D eigenvalue weighted by Gasteiger charge is 2.43. The number of rotatable bonds is 8. The van der Waals surface area contributed by atoms with E-state index >= 15 is 4.57 Å². The molecule has 4 nitrogen and oxygen atoms in total. The summed E-state index contributed by atoms with van der Waals surface area (Å²) in [5.41, 5.74) is 11.9. The summed E-state index contributed by atoms with van der Waals surface area (Å²) in [5, 5.41) is 3.44. The smallest absolute Gasteiger partial charge is 0.174 e. The normalized spacial score (nSPS) is 14.4. The summed E-state index contributed by atoms with van der Waals surface area (Å²) in [6.07, 6.45) is 6.05. The Kier molecular flexibility index (Phi) is 8.78. The van der Waals surface area contributed by atoms with Crippen molar-refractivity contribution in [3.8, 4) is 61.8 Å². The van der Waals surface area contributed by atoms with Gasteiger partial charge in [0, 0.05) is 38.8 Å². The van der Waals surface area contributed by atoms with Crippen LogP contribution >= 0.6 is 7.14 Å². The van der Waals surface area contributed by atoms with Gasteiger partial charge in [-0.1, -0.05) is 195 Å². The lowest BCUT2D eigenvalue weighted by atomic mass is 10.0. The molecule has 0 N–H and O–H groups in total. The Morgan fingerprint density at radius 3 is 1.74 bits per heavy atom. The molecule has 5 heteroatoms. The minimum Gasteiger partial charge on any atom is -0.309 e. The molecule has 2 aromatic heterocycles. The third kappa shape index (κ3) is 5.72. The second kappa shape index (κ2) is 14.4. The van der Waals surface area contributed by atoms with Gasteiger partial charge in [-0.3, -0.25) is 4.57 Å². The Morgan fingerprint density at radius 2 is 1.12 bits per heavy atom. The summed E-state index contributed by atoms with van der Waals surface area (Å²) < 4.78 is 18.4. The molecule has 3 heterocycles. The van der Waals surface area contributed by atoms with Gasteiger partial charge in [-0.25, -0.2) is 9.97 Å². The highest BCUT2D eigenvalue weighted by Crippen LogP contribution is 2.55. The molecule has 58 heavy (non-hydrogen) atoms. The lowest BCUT2D eigenvalue weighted by Crippen LogP contribution is -2.22. The predicted molar refractivity (Wildman–Crippen MR) is 244 cm³/mol. The van der Waals surface area contributed by atoms with Gasteiger partial charge in [0.2, 0.25) is 0 Å². The van der Waals surface area contributed by atoms with Gasteiger partial charge >= 0.3 is 0 Å². The first-order valence-electron chi connectivity index (χ1n) is 19.5. The van der Waals surface area contributed by atoms with Gasteiger partial charge in [-0.15, -0.1) is 0 Å². The molecule has 276 valence electrons. The maximum atomic E-state index is 16.2. The van der Waals surface area contributed by atoms with E-state index in [2.05, 4.69) is 139 Å². The third-order valence-corrected chi connectivity index (χ3v) is 14.3. The van der Waals surface area contributed by atoms with E-state index in [1.807, 2.05) is 79.7 Å². The van der Waals surface area contributed by atoms with Crippen molar-refractivity contribution in [2.75, 3.05) is 0 Å². The van der Waals surface area contributed by atoms with Crippen LogP contribution in [0.4, 0.5) is 0 Å². The van der Waals surface area contributed by atoms with Crippen molar-refractivity contribution >= 4 is 46.1 Å².